The largest absolute Gasteiger partial charge is 0.508 e. The summed E-state index contributed by atoms with van der Waals surface area (Å²) in [5, 5.41) is 15.0. The van der Waals surface area contributed by atoms with Gasteiger partial charge < -0.3 is 15.7 Å². The van der Waals surface area contributed by atoms with Crippen LogP contribution in [0.5, 0.6) is 5.75 Å². The molecule has 4 heteroatoms. The van der Waals surface area contributed by atoms with Crippen LogP contribution < -0.4 is 10.6 Å². The maximum atomic E-state index is 11.0. The Morgan fingerprint density at radius 3 is 2.59 bits per heavy atom. The predicted octanol–water partition coefficient (Wildman–Crippen LogP) is 1.05. The van der Waals surface area contributed by atoms with Gasteiger partial charge in [-0.25, -0.2) is 0 Å². The molecule has 3 N–H and O–H groups in total. The Kier molecular flexibility index (Phi) is 5.49. The second kappa shape index (κ2) is 6.91. The highest BCUT2D eigenvalue weighted by Gasteiger charge is 2.04. The Morgan fingerprint density at radius 2 is 2.00 bits per heavy atom. The Bertz CT molecular complexity index is 349. The standard InChI is InChI=1S/C13H20N2O2/c1-10(15-8-7-13(17)14-2)9-11-3-5-12(16)6-4-11/h3-6,10,15-16H,7-9H2,1-2H3,(H,14,17). The van der Waals surface area contributed by atoms with Gasteiger partial charge in [0.2, 0.25) is 5.91 Å². The van der Waals surface area contributed by atoms with E-state index in [2.05, 4.69) is 17.6 Å². The summed E-state index contributed by atoms with van der Waals surface area (Å²) in [6, 6.07) is 7.50. The number of carbonyl (C=O) groups is 1. The molecule has 0 aliphatic rings. The number of carbonyl (C=O) groups excluding carboxylic acids is 1. The fourth-order valence-corrected chi connectivity index (χ4v) is 1.61. The summed E-state index contributed by atoms with van der Waals surface area (Å²) in [6.07, 6.45) is 1.38. The smallest absolute Gasteiger partial charge is 0.221 e. The summed E-state index contributed by atoms with van der Waals surface area (Å²) in [5.74, 6) is 0.336. The van der Waals surface area contributed by atoms with Crippen molar-refractivity contribution in [2.45, 2.75) is 25.8 Å². The van der Waals surface area contributed by atoms with Crippen LogP contribution in [0.1, 0.15) is 18.9 Å². The van der Waals surface area contributed by atoms with E-state index in [1.165, 1.54) is 5.56 Å². The number of hydrogen-bond acceptors (Lipinski definition) is 3. The first-order chi connectivity index (χ1) is 8.11. The van der Waals surface area contributed by atoms with E-state index in [0.717, 1.165) is 6.42 Å². The zero-order chi connectivity index (χ0) is 12.7. The fraction of sp³-hybridized carbons (Fsp3) is 0.462. The van der Waals surface area contributed by atoms with Crippen LogP contribution in [0.3, 0.4) is 0 Å². The second-order valence-electron chi connectivity index (χ2n) is 4.15. The summed E-state index contributed by atoms with van der Waals surface area (Å²) in [5.41, 5.74) is 1.17. The van der Waals surface area contributed by atoms with Gasteiger partial charge >= 0.3 is 0 Å². The molecule has 1 aromatic rings. The van der Waals surface area contributed by atoms with Crippen molar-refractivity contribution in [1.29, 1.82) is 0 Å². The molecule has 0 aromatic heterocycles. The van der Waals surface area contributed by atoms with Crippen molar-refractivity contribution in [3.05, 3.63) is 29.8 Å². The van der Waals surface area contributed by atoms with E-state index in [9.17, 15) is 4.79 Å². The minimum Gasteiger partial charge on any atom is -0.508 e. The molecule has 1 unspecified atom stereocenters. The predicted molar refractivity (Wildman–Crippen MR) is 68.0 cm³/mol. The molecular weight excluding hydrogens is 216 g/mol. The zero-order valence-corrected chi connectivity index (χ0v) is 10.4. The first kappa shape index (κ1) is 13.5. The van der Waals surface area contributed by atoms with E-state index in [1.807, 2.05) is 12.1 Å². The highest BCUT2D eigenvalue weighted by Crippen LogP contribution is 2.11. The van der Waals surface area contributed by atoms with Crippen molar-refractivity contribution in [1.82, 2.24) is 10.6 Å². The molecule has 0 aliphatic heterocycles. The first-order valence-corrected chi connectivity index (χ1v) is 5.83. The molecule has 0 radical (unpaired) electrons. The normalized spacial score (nSPS) is 12.1. The fourth-order valence-electron chi connectivity index (χ4n) is 1.61. The number of nitrogens with one attached hydrogen (secondary N) is 2. The minimum absolute atomic E-state index is 0.0503. The van der Waals surface area contributed by atoms with Crippen molar-refractivity contribution >= 4 is 5.91 Å². The monoisotopic (exact) mass is 236 g/mol. The number of rotatable bonds is 6. The van der Waals surface area contributed by atoms with Crippen LogP contribution in [0.15, 0.2) is 24.3 Å². The average molecular weight is 236 g/mol. The van der Waals surface area contributed by atoms with Gasteiger partial charge in [-0.1, -0.05) is 12.1 Å². The van der Waals surface area contributed by atoms with Crippen molar-refractivity contribution in [2.75, 3.05) is 13.6 Å². The van der Waals surface area contributed by atoms with Gasteiger partial charge in [-0.2, -0.15) is 0 Å². The van der Waals surface area contributed by atoms with E-state index >= 15 is 0 Å². The molecule has 17 heavy (non-hydrogen) atoms. The molecule has 0 bridgehead atoms. The van der Waals surface area contributed by atoms with Crippen molar-refractivity contribution in [3.63, 3.8) is 0 Å². The Morgan fingerprint density at radius 1 is 1.35 bits per heavy atom. The van der Waals surface area contributed by atoms with Gasteiger partial charge in [-0.3, -0.25) is 4.79 Å². The molecule has 0 heterocycles. The van der Waals surface area contributed by atoms with Gasteiger partial charge in [0, 0.05) is 26.1 Å². The third-order valence-corrected chi connectivity index (χ3v) is 2.60. The maximum absolute atomic E-state index is 11.0. The lowest BCUT2D eigenvalue weighted by Crippen LogP contribution is -2.32. The van der Waals surface area contributed by atoms with Gasteiger partial charge in [-0.05, 0) is 31.0 Å². The number of amides is 1. The van der Waals surface area contributed by atoms with Gasteiger partial charge in [-0.15, -0.1) is 0 Å². The number of hydrogen-bond donors (Lipinski definition) is 3. The SMILES string of the molecule is CNC(=O)CCNC(C)Cc1ccc(O)cc1. The van der Waals surface area contributed by atoms with E-state index in [-0.39, 0.29) is 11.7 Å². The summed E-state index contributed by atoms with van der Waals surface area (Å²) in [4.78, 5) is 11.0. The molecule has 1 aromatic carbocycles. The third-order valence-electron chi connectivity index (χ3n) is 2.60. The van der Waals surface area contributed by atoms with Crippen molar-refractivity contribution in [3.8, 4) is 5.75 Å². The minimum atomic E-state index is 0.0503. The van der Waals surface area contributed by atoms with Gasteiger partial charge in [0.05, 0.1) is 0 Å². The van der Waals surface area contributed by atoms with Crippen LogP contribution in [0, 0.1) is 0 Å². The molecule has 1 rings (SSSR count). The molecule has 0 aliphatic carbocycles. The maximum Gasteiger partial charge on any atom is 0.221 e. The Balaban J connectivity index is 2.27. The summed E-state index contributed by atoms with van der Waals surface area (Å²) < 4.78 is 0. The molecular formula is C13H20N2O2. The first-order valence-electron chi connectivity index (χ1n) is 5.83. The molecule has 1 amide bonds. The molecule has 0 saturated carbocycles. The molecule has 0 fully saturated rings. The van der Waals surface area contributed by atoms with Gasteiger partial charge in [0.15, 0.2) is 0 Å². The van der Waals surface area contributed by atoms with Crippen LogP contribution in [0.25, 0.3) is 0 Å². The van der Waals surface area contributed by atoms with Crippen LogP contribution in [-0.2, 0) is 11.2 Å². The quantitative estimate of drug-likeness (QED) is 0.692. The summed E-state index contributed by atoms with van der Waals surface area (Å²) >= 11 is 0. The van der Waals surface area contributed by atoms with E-state index in [0.29, 0.717) is 19.0 Å². The molecule has 0 spiro atoms. The molecule has 4 nitrogen and oxygen atoms in total. The van der Waals surface area contributed by atoms with Crippen molar-refractivity contribution in [2.24, 2.45) is 0 Å². The number of phenols is 1. The molecule has 94 valence electrons. The van der Waals surface area contributed by atoms with Gasteiger partial charge in [0.25, 0.3) is 0 Å². The molecule has 1 atom stereocenters. The van der Waals surface area contributed by atoms with E-state index < -0.39 is 0 Å². The van der Waals surface area contributed by atoms with Gasteiger partial charge in [0.1, 0.15) is 5.75 Å². The second-order valence-corrected chi connectivity index (χ2v) is 4.15. The highest BCUT2D eigenvalue weighted by atomic mass is 16.3. The van der Waals surface area contributed by atoms with E-state index in [1.54, 1.807) is 19.2 Å². The van der Waals surface area contributed by atoms with Crippen LogP contribution in [-0.4, -0.2) is 30.6 Å². The Labute approximate surface area is 102 Å². The lowest BCUT2D eigenvalue weighted by molar-refractivity contribution is -0.120. The molecule has 0 saturated heterocycles. The number of aromatic hydroxyl groups is 1. The third kappa shape index (κ3) is 5.36. The highest BCUT2D eigenvalue weighted by molar-refractivity contribution is 5.75. The summed E-state index contributed by atoms with van der Waals surface area (Å²) in [7, 11) is 1.64. The van der Waals surface area contributed by atoms with Crippen molar-refractivity contribution < 1.29 is 9.90 Å². The lowest BCUT2D eigenvalue weighted by atomic mass is 10.1. The van der Waals surface area contributed by atoms with Crippen LogP contribution in [0.4, 0.5) is 0 Å². The lowest BCUT2D eigenvalue weighted by Gasteiger charge is -2.13. The number of phenolic OH excluding ortho intramolecular Hbond substituents is 1. The zero-order valence-electron chi connectivity index (χ0n) is 10.4. The van der Waals surface area contributed by atoms with Crippen LogP contribution >= 0.6 is 0 Å². The topological polar surface area (TPSA) is 61.4 Å². The van der Waals surface area contributed by atoms with Crippen LogP contribution in [0.2, 0.25) is 0 Å². The number of benzene rings is 1. The Hall–Kier alpha value is -1.55. The average Bonchev–Trinajstić information content (AvgIpc) is 2.32. The van der Waals surface area contributed by atoms with E-state index in [4.69, 9.17) is 5.11 Å². The summed E-state index contributed by atoms with van der Waals surface area (Å²) in [6.45, 7) is 2.76.